The molecule has 2 rings (SSSR count). The molecule has 0 aromatic heterocycles. The molecule has 0 unspecified atom stereocenters. The van der Waals surface area contributed by atoms with Crippen LogP contribution in [0.25, 0.3) is 0 Å². The molecule has 0 spiro atoms. The van der Waals surface area contributed by atoms with E-state index in [4.69, 9.17) is 0 Å². The Morgan fingerprint density at radius 2 is 2.00 bits per heavy atom. The van der Waals surface area contributed by atoms with Gasteiger partial charge in [0, 0.05) is 6.04 Å². The minimum absolute atomic E-state index is 0.736. The molecule has 0 bridgehead atoms. The van der Waals surface area contributed by atoms with Gasteiger partial charge in [-0.15, -0.1) is 0 Å². The van der Waals surface area contributed by atoms with E-state index in [-0.39, 0.29) is 0 Å². The van der Waals surface area contributed by atoms with Crippen LogP contribution in [0.3, 0.4) is 0 Å². The molecule has 1 aliphatic heterocycles. The van der Waals surface area contributed by atoms with Crippen LogP contribution in [0, 0.1) is 11.8 Å². The minimum atomic E-state index is 0.736. The fraction of sp³-hybridized carbons (Fsp3) is 0.600. The number of hydrogen-bond acceptors (Lipinski definition) is 1. The lowest BCUT2D eigenvalue weighted by atomic mass is 9.88. The average molecular weight is 217 g/mol. The third-order valence-electron chi connectivity index (χ3n) is 3.56. The van der Waals surface area contributed by atoms with Crippen LogP contribution in [0.15, 0.2) is 30.3 Å². The van der Waals surface area contributed by atoms with Gasteiger partial charge in [0.15, 0.2) is 0 Å². The van der Waals surface area contributed by atoms with Crippen LogP contribution in [-0.4, -0.2) is 12.6 Å². The molecule has 16 heavy (non-hydrogen) atoms. The van der Waals surface area contributed by atoms with E-state index in [1.54, 1.807) is 0 Å². The lowest BCUT2D eigenvalue weighted by Gasteiger charge is -2.21. The van der Waals surface area contributed by atoms with Crippen LogP contribution >= 0.6 is 0 Å². The van der Waals surface area contributed by atoms with E-state index >= 15 is 0 Å². The van der Waals surface area contributed by atoms with Gasteiger partial charge in [-0.05, 0) is 43.2 Å². The number of rotatable bonds is 4. The van der Waals surface area contributed by atoms with Gasteiger partial charge >= 0.3 is 0 Å². The average Bonchev–Trinajstić information content (AvgIpc) is 2.66. The van der Waals surface area contributed by atoms with Crippen molar-refractivity contribution >= 4 is 0 Å². The van der Waals surface area contributed by atoms with E-state index in [0.29, 0.717) is 0 Å². The quantitative estimate of drug-likeness (QED) is 0.816. The van der Waals surface area contributed by atoms with Crippen LogP contribution in [0.4, 0.5) is 0 Å². The first-order valence-electron chi connectivity index (χ1n) is 6.53. The highest BCUT2D eigenvalue weighted by Crippen LogP contribution is 2.25. The minimum Gasteiger partial charge on any atom is -0.314 e. The van der Waals surface area contributed by atoms with Gasteiger partial charge in [-0.25, -0.2) is 0 Å². The first-order valence-corrected chi connectivity index (χ1v) is 6.53. The van der Waals surface area contributed by atoms with Crippen LogP contribution in [-0.2, 0) is 6.42 Å². The summed E-state index contributed by atoms with van der Waals surface area (Å²) in [6.45, 7) is 5.84. The van der Waals surface area contributed by atoms with Crippen molar-refractivity contribution in [2.45, 2.75) is 39.2 Å². The molecule has 0 aliphatic carbocycles. The summed E-state index contributed by atoms with van der Waals surface area (Å²) >= 11 is 0. The second-order valence-corrected chi connectivity index (χ2v) is 5.43. The van der Waals surface area contributed by atoms with Crippen molar-refractivity contribution in [1.29, 1.82) is 0 Å². The number of benzene rings is 1. The number of hydrogen-bond donors (Lipinski definition) is 1. The molecule has 1 fully saturated rings. The normalized spacial score (nSPS) is 25.2. The third kappa shape index (κ3) is 3.08. The molecule has 1 heterocycles. The molecule has 1 N–H and O–H groups in total. The molecule has 1 aromatic carbocycles. The summed E-state index contributed by atoms with van der Waals surface area (Å²) in [4.78, 5) is 0. The molecular weight excluding hydrogens is 194 g/mol. The van der Waals surface area contributed by atoms with Crippen LogP contribution in [0.2, 0.25) is 0 Å². The molecule has 1 aromatic rings. The van der Waals surface area contributed by atoms with E-state index in [2.05, 4.69) is 49.5 Å². The standard InChI is InChI=1S/C15H23N/c1-12(2)10-15-14(8-9-16-15)11-13-6-4-3-5-7-13/h3-7,12,14-16H,8-11H2,1-2H3/t14-,15+/m1/s1. The van der Waals surface area contributed by atoms with Gasteiger partial charge in [-0.2, -0.15) is 0 Å². The Hall–Kier alpha value is -0.820. The Balaban J connectivity index is 1.93. The summed E-state index contributed by atoms with van der Waals surface area (Å²) in [7, 11) is 0. The van der Waals surface area contributed by atoms with Gasteiger partial charge in [0.05, 0.1) is 0 Å². The summed E-state index contributed by atoms with van der Waals surface area (Å²) in [6, 6.07) is 11.6. The van der Waals surface area contributed by atoms with Crippen molar-refractivity contribution in [3.05, 3.63) is 35.9 Å². The summed E-state index contributed by atoms with van der Waals surface area (Å²) in [5.74, 6) is 1.64. The van der Waals surface area contributed by atoms with E-state index < -0.39 is 0 Å². The molecule has 1 saturated heterocycles. The Kier molecular flexibility index (Phi) is 4.00. The molecule has 88 valence electrons. The maximum Gasteiger partial charge on any atom is 0.0101 e. The van der Waals surface area contributed by atoms with Crippen molar-refractivity contribution in [2.75, 3.05) is 6.54 Å². The summed E-state index contributed by atoms with van der Waals surface area (Å²) in [5.41, 5.74) is 1.49. The Morgan fingerprint density at radius 1 is 1.25 bits per heavy atom. The van der Waals surface area contributed by atoms with Crippen LogP contribution in [0.5, 0.6) is 0 Å². The molecular formula is C15H23N. The first kappa shape index (κ1) is 11.7. The summed E-state index contributed by atoms with van der Waals surface area (Å²) in [5, 5.41) is 3.66. The molecule has 0 saturated carbocycles. The fourth-order valence-electron chi connectivity index (χ4n) is 2.77. The summed E-state index contributed by atoms with van der Waals surface area (Å²) < 4.78 is 0. The topological polar surface area (TPSA) is 12.0 Å². The van der Waals surface area contributed by atoms with Crippen molar-refractivity contribution in [3.63, 3.8) is 0 Å². The highest BCUT2D eigenvalue weighted by atomic mass is 14.9. The Morgan fingerprint density at radius 3 is 2.69 bits per heavy atom. The van der Waals surface area contributed by atoms with Gasteiger partial charge in [0.2, 0.25) is 0 Å². The van der Waals surface area contributed by atoms with Crippen LogP contribution in [0.1, 0.15) is 32.3 Å². The zero-order valence-corrected chi connectivity index (χ0v) is 10.4. The maximum atomic E-state index is 3.66. The lowest BCUT2D eigenvalue weighted by molar-refractivity contribution is 0.375. The van der Waals surface area contributed by atoms with Crippen molar-refractivity contribution in [3.8, 4) is 0 Å². The second-order valence-electron chi connectivity index (χ2n) is 5.43. The maximum absolute atomic E-state index is 3.66. The van der Waals surface area contributed by atoms with Gasteiger partial charge in [0.1, 0.15) is 0 Å². The predicted molar refractivity (Wildman–Crippen MR) is 69.5 cm³/mol. The summed E-state index contributed by atoms with van der Waals surface area (Å²) in [6.07, 6.45) is 3.90. The third-order valence-corrected chi connectivity index (χ3v) is 3.56. The SMILES string of the molecule is CC(C)C[C@@H]1NCC[C@@H]1Cc1ccccc1. The molecule has 2 atom stereocenters. The van der Waals surface area contributed by atoms with E-state index in [1.165, 1.54) is 31.4 Å². The van der Waals surface area contributed by atoms with Gasteiger partial charge in [0.25, 0.3) is 0 Å². The highest BCUT2D eigenvalue weighted by molar-refractivity contribution is 5.16. The zero-order chi connectivity index (χ0) is 11.4. The molecule has 0 radical (unpaired) electrons. The first-order chi connectivity index (χ1) is 7.75. The van der Waals surface area contributed by atoms with Crippen LogP contribution < -0.4 is 5.32 Å². The smallest absolute Gasteiger partial charge is 0.0101 e. The molecule has 0 amide bonds. The zero-order valence-electron chi connectivity index (χ0n) is 10.4. The lowest BCUT2D eigenvalue weighted by Crippen LogP contribution is -2.29. The highest BCUT2D eigenvalue weighted by Gasteiger charge is 2.26. The Labute approximate surface area is 99.3 Å². The van der Waals surface area contributed by atoms with Crippen molar-refractivity contribution in [2.24, 2.45) is 11.8 Å². The van der Waals surface area contributed by atoms with Gasteiger partial charge < -0.3 is 5.32 Å². The molecule has 1 nitrogen and oxygen atoms in total. The van der Waals surface area contributed by atoms with Crippen molar-refractivity contribution < 1.29 is 0 Å². The molecule has 1 aliphatic rings. The van der Waals surface area contributed by atoms with Gasteiger partial charge in [-0.3, -0.25) is 0 Å². The van der Waals surface area contributed by atoms with E-state index in [1.807, 2.05) is 0 Å². The Bertz CT molecular complexity index is 304. The fourth-order valence-corrected chi connectivity index (χ4v) is 2.77. The second kappa shape index (κ2) is 5.49. The van der Waals surface area contributed by atoms with E-state index in [0.717, 1.165) is 17.9 Å². The molecule has 1 heteroatoms. The largest absolute Gasteiger partial charge is 0.314 e. The monoisotopic (exact) mass is 217 g/mol. The van der Waals surface area contributed by atoms with Crippen molar-refractivity contribution in [1.82, 2.24) is 5.32 Å². The van der Waals surface area contributed by atoms with E-state index in [9.17, 15) is 0 Å². The predicted octanol–water partition coefficient (Wildman–Crippen LogP) is 3.25. The van der Waals surface area contributed by atoms with Gasteiger partial charge in [-0.1, -0.05) is 44.2 Å². The number of nitrogens with one attached hydrogen (secondary N) is 1.